The summed E-state index contributed by atoms with van der Waals surface area (Å²) in [7, 11) is -3.50. The van der Waals surface area contributed by atoms with Crippen molar-refractivity contribution in [2.45, 2.75) is 44.0 Å². The van der Waals surface area contributed by atoms with Crippen LogP contribution in [0.4, 0.5) is 0 Å². The SMILES string of the molecule is CC(O)c1ccc(S(=O)(=O)N2C[C@@H](C)O[C@@H](C)C2)cc1. The third kappa shape index (κ3) is 3.20. The summed E-state index contributed by atoms with van der Waals surface area (Å²) in [5.74, 6) is 0. The van der Waals surface area contributed by atoms with E-state index in [0.717, 1.165) is 0 Å². The van der Waals surface area contributed by atoms with Gasteiger partial charge in [0.05, 0.1) is 23.2 Å². The maximum Gasteiger partial charge on any atom is 0.243 e. The Hall–Kier alpha value is -0.950. The van der Waals surface area contributed by atoms with E-state index in [1.54, 1.807) is 31.2 Å². The fraction of sp³-hybridized carbons (Fsp3) is 0.571. The highest BCUT2D eigenvalue weighted by molar-refractivity contribution is 7.89. The highest BCUT2D eigenvalue weighted by atomic mass is 32.2. The largest absolute Gasteiger partial charge is 0.389 e. The van der Waals surface area contributed by atoms with Gasteiger partial charge >= 0.3 is 0 Å². The lowest BCUT2D eigenvalue weighted by Gasteiger charge is -2.34. The van der Waals surface area contributed by atoms with Crippen molar-refractivity contribution in [3.63, 3.8) is 0 Å². The summed E-state index contributed by atoms with van der Waals surface area (Å²) in [5, 5.41) is 9.46. The molecule has 2 rings (SSSR count). The minimum atomic E-state index is -3.50. The van der Waals surface area contributed by atoms with Crippen LogP contribution in [0.5, 0.6) is 0 Å². The number of aliphatic hydroxyl groups excluding tert-OH is 1. The summed E-state index contributed by atoms with van der Waals surface area (Å²) in [4.78, 5) is 0.253. The Bertz CT molecular complexity index is 543. The molecule has 0 bridgehead atoms. The van der Waals surface area contributed by atoms with Gasteiger partial charge in [-0.1, -0.05) is 12.1 Å². The predicted molar refractivity (Wildman–Crippen MR) is 75.8 cm³/mol. The summed E-state index contributed by atoms with van der Waals surface area (Å²) < 4.78 is 32.2. The second-order valence-electron chi connectivity index (χ2n) is 5.32. The molecule has 0 radical (unpaired) electrons. The maximum absolute atomic E-state index is 12.6. The van der Waals surface area contributed by atoms with Crippen LogP contribution in [0.1, 0.15) is 32.4 Å². The lowest BCUT2D eigenvalue weighted by atomic mass is 10.1. The van der Waals surface area contributed by atoms with E-state index in [1.807, 2.05) is 13.8 Å². The molecule has 0 spiro atoms. The predicted octanol–water partition coefficient (Wildman–Crippen LogP) is 1.54. The standard InChI is InChI=1S/C14H21NO4S/c1-10-8-15(9-11(2)19-10)20(17,18)14-6-4-13(5-7-14)12(3)16/h4-7,10-12,16H,8-9H2,1-3H3/t10-,11+,12?. The number of morpholine rings is 1. The fourth-order valence-corrected chi connectivity index (χ4v) is 3.98. The maximum atomic E-state index is 12.6. The molecule has 6 heteroatoms. The summed E-state index contributed by atoms with van der Waals surface area (Å²) in [6.07, 6.45) is -0.814. The number of sulfonamides is 1. The van der Waals surface area contributed by atoms with Gasteiger partial charge in [-0.05, 0) is 38.5 Å². The van der Waals surface area contributed by atoms with Crippen LogP contribution in [0.2, 0.25) is 0 Å². The van der Waals surface area contributed by atoms with Crippen molar-refractivity contribution in [1.82, 2.24) is 4.31 Å². The van der Waals surface area contributed by atoms with Crippen molar-refractivity contribution >= 4 is 10.0 Å². The molecule has 1 aromatic carbocycles. The zero-order valence-electron chi connectivity index (χ0n) is 12.0. The molecule has 20 heavy (non-hydrogen) atoms. The van der Waals surface area contributed by atoms with Crippen LogP contribution in [0.25, 0.3) is 0 Å². The van der Waals surface area contributed by atoms with E-state index < -0.39 is 16.1 Å². The zero-order valence-corrected chi connectivity index (χ0v) is 12.8. The Kier molecular flexibility index (Phi) is 4.49. The normalized spacial score (nSPS) is 26.4. The quantitative estimate of drug-likeness (QED) is 0.919. The molecule has 0 saturated carbocycles. The van der Waals surface area contributed by atoms with Crippen LogP contribution < -0.4 is 0 Å². The first-order chi connectivity index (χ1) is 9.30. The van der Waals surface area contributed by atoms with Crippen LogP contribution in [0, 0.1) is 0 Å². The summed E-state index contributed by atoms with van der Waals surface area (Å²) in [6, 6.07) is 6.38. The molecule has 1 saturated heterocycles. The highest BCUT2D eigenvalue weighted by Crippen LogP contribution is 2.22. The van der Waals surface area contributed by atoms with E-state index in [2.05, 4.69) is 0 Å². The summed E-state index contributed by atoms with van der Waals surface area (Å²) in [6.45, 7) is 6.12. The van der Waals surface area contributed by atoms with Gasteiger partial charge in [-0.3, -0.25) is 0 Å². The molecular weight excluding hydrogens is 278 g/mol. The van der Waals surface area contributed by atoms with E-state index in [0.29, 0.717) is 18.7 Å². The van der Waals surface area contributed by atoms with Gasteiger partial charge in [-0.15, -0.1) is 0 Å². The topological polar surface area (TPSA) is 66.8 Å². The molecule has 0 aromatic heterocycles. The lowest BCUT2D eigenvalue weighted by molar-refractivity contribution is -0.0440. The monoisotopic (exact) mass is 299 g/mol. The van der Waals surface area contributed by atoms with E-state index in [-0.39, 0.29) is 17.1 Å². The lowest BCUT2D eigenvalue weighted by Crippen LogP contribution is -2.48. The van der Waals surface area contributed by atoms with E-state index in [9.17, 15) is 13.5 Å². The van der Waals surface area contributed by atoms with Crippen LogP contribution in [-0.2, 0) is 14.8 Å². The smallest absolute Gasteiger partial charge is 0.243 e. The molecule has 0 amide bonds. The average molecular weight is 299 g/mol. The molecule has 1 heterocycles. The Balaban J connectivity index is 2.25. The van der Waals surface area contributed by atoms with Crippen molar-refractivity contribution < 1.29 is 18.3 Å². The van der Waals surface area contributed by atoms with Crippen molar-refractivity contribution in [3.8, 4) is 0 Å². The van der Waals surface area contributed by atoms with E-state index in [1.165, 1.54) is 4.31 Å². The van der Waals surface area contributed by atoms with Gasteiger partial charge in [-0.25, -0.2) is 8.42 Å². The molecule has 3 atom stereocenters. The van der Waals surface area contributed by atoms with Gasteiger partial charge in [0, 0.05) is 13.1 Å². The Labute approximate surface area is 120 Å². The Morgan fingerprint density at radius 2 is 1.70 bits per heavy atom. The number of hydrogen-bond acceptors (Lipinski definition) is 4. The number of nitrogens with zero attached hydrogens (tertiary/aromatic N) is 1. The van der Waals surface area contributed by atoms with Crippen molar-refractivity contribution in [2.75, 3.05) is 13.1 Å². The third-order valence-corrected chi connectivity index (χ3v) is 5.23. The molecule has 0 aliphatic carbocycles. The van der Waals surface area contributed by atoms with Gasteiger partial charge in [-0.2, -0.15) is 4.31 Å². The Morgan fingerprint density at radius 3 is 2.15 bits per heavy atom. The zero-order chi connectivity index (χ0) is 14.9. The minimum Gasteiger partial charge on any atom is -0.389 e. The average Bonchev–Trinajstić information content (AvgIpc) is 2.37. The second kappa shape index (κ2) is 5.81. The first-order valence-electron chi connectivity index (χ1n) is 6.74. The summed E-state index contributed by atoms with van der Waals surface area (Å²) in [5.41, 5.74) is 0.702. The van der Waals surface area contributed by atoms with E-state index >= 15 is 0 Å². The van der Waals surface area contributed by atoms with Gasteiger partial charge in [0.2, 0.25) is 10.0 Å². The van der Waals surface area contributed by atoms with Crippen LogP contribution in [0.3, 0.4) is 0 Å². The number of hydrogen-bond donors (Lipinski definition) is 1. The molecule has 5 nitrogen and oxygen atoms in total. The van der Waals surface area contributed by atoms with Crippen LogP contribution in [0.15, 0.2) is 29.2 Å². The molecule has 1 aliphatic rings. The van der Waals surface area contributed by atoms with Gasteiger partial charge in [0.15, 0.2) is 0 Å². The molecular formula is C14H21NO4S. The van der Waals surface area contributed by atoms with Gasteiger partial charge in [0.25, 0.3) is 0 Å². The highest BCUT2D eigenvalue weighted by Gasteiger charge is 2.32. The molecule has 1 unspecified atom stereocenters. The number of aliphatic hydroxyl groups is 1. The van der Waals surface area contributed by atoms with Crippen molar-refractivity contribution in [1.29, 1.82) is 0 Å². The molecule has 1 aliphatic heterocycles. The second-order valence-corrected chi connectivity index (χ2v) is 7.26. The molecule has 1 aromatic rings. The molecule has 112 valence electrons. The van der Waals surface area contributed by atoms with Crippen molar-refractivity contribution in [2.24, 2.45) is 0 Å². The Morgan fingerprint density at radius 1 is 1.20 bits per heavy atom. The van der Waals surface area contributed by atoms with Crippen LogP contribution in [-0.4, -0.2) is 43.1 Å². The number of rotatable bonds is 3. The molecule has 1 N–H and O–H groups in total. The van der Waals surface area contributed by atoms with E-state index in [4.69, 9.17) is 4.74 Å². The third-order valence-electron chi connectivity index (χ3n) is 3.39. The van der Waals surface area contributed by atoms with Crippen LogP contribution >= 0.6 is 0 Å². The minimum absolute atomic E-state index is 0.106. The fourth-order valence-electron chi connectivity index (χ4n) is 2.39. The first-order valence-corrected chi connectivity index (χ1v) is 8.18. The van der Waals surface area contributed by atoms with Crippen molar-refractivity contribution in [3.05, 3.63) is 29.8 Å². The number of benzene rings is 1. The molecule has 1 fully saturated rings. The summed E-state index contributed by atoms with van der Waals surface area (Å²) >= 11 is 0. The number of ether oxygens (including phenoxy) is 1. The van der Waals surface area contributed by atoms with Gasteiger partial charge < -0.3 is 9.84 Å². The van der Waals surface area contributed by atoms with Gasteiger partial charge in [0.1, 0.15) is 0 Å². The first kappa shape index (κ1) is 15.4.